The zero-order valence-corrected chi connectivity index (χ0v) is 16.1. The van der Waals surface area contributed by atoms with Crippen LogP contribution in [0.1, 0.15) is 57.5 Å². The quantitative estimate of drug-likeness (QED) is 0.628. The fraction of sp³-hybridized carbons (Fsp3) is 0.227. The fourth-order valence-electron chi connectivity index (χ4n) is 2.73. The minimum absolute atomic E-state index is 0.0335. The van der Waals surface area contributed by atoms with Gasteiger partial charge in [0.15, 0.2) is 5.76 Å². The lowest BCUT2D eigenvalue weighted by atomic mass is 10.1. The first-order valence-electron chi connectivity index (χ1n) is 9.04. The number of hydrogen-bond donors (Lipinski definition) is 1. The van der Waals surface area contributed by atoms with E-state index >= 15 is 0 Å². The van der Waals surface area contributed by atoms with Gasteiger partial charge in [-0.25, -0.2) is 4.79 Å². The highest BCUT2D eigenvalue weighted by Crippen LogP contribution is 2.23. The number of esters is 1. The van der Waals surface area contributed by atoms with E-state index in [9.17, 15) is 9.59 Å². The van der Waals surface area contributed by atoms with Gasteiger partial charge in [-0.15, -0.1) is 0 Å². The number of carbonyl (C=O) groups is 2. The number of amides is 1. The van der Waals surface area contributed by atoms with Gasteiger partial charge in [-0.05, 0) is 36.8 Å². The van der Waals surface area contributed by atoms with Gasteiger partial charge >= 0.3 is 5.97 Å². The molecule has 1 aromatic heterocycles. The van der Waals surface area contributed by atoms with Crippen LogP contribution in [0.2, 0.25) is 0 Å². The van der Waals surface area contributed by atoms with Crippen molar-refractivity contribution in [3.63, 3.8) is 0 Å². The van der Waals surface area contributed by atoms with Gasteiger partial charge < -0.3 is 14.6 Å². The van der Waals surface area contributed by atoms with E-state index in [4.69, 9.17) is 9.26 Å². The number of anilines is 1. The number of hydrogen-bond acceptors (Lipinski definition) is 5. The summed E-state index contributed by atoms with van der Waals surface area (Å²) >= 11 is 0. The summed E-state index contributed by atoms with van der Waals surface area (Å²) in [5, 5.41) is 6.69. The standard InChI is InChI=1S/C22H22N2O4/c1-14(2)20-19(15(3)24-28-20)22(26)27-13-16-9-11-17(12-10-16)21(25)23-18-7-5-4-6-8-18/h4-12,14H,13H2,1-3H3,(H,23,25). The van der Waals surface area contributed by atoms with Crippen LogP contribution in [0.4, 0.5) is 5.69 Å². The van der Waals surface area contributed by atoms with E-state index < -0.39 is 5.97 Å². The van der Waals surface area contributed by atoms with Crippen molar-refractivity contribution in [1.29, 1.82) is 0 Å². The van der Waals surface area contributed by atoms with Gasteiger partial charge in [0.25, 0.3) is 5.91 Å². The number of benzene rings is 2. The third kappa shape index (κ3) is 4.46. The first-order valence-corrected chi connectivity index (χ1v) is 9.04. The van der Waals surface area contributed by atoms with Gasteiger partial charge in [-0.2, -0.15) is 0 Å². The Labute approximate surface area is 163 Å². The summed E-state index contributed by atoms with van der Waals surface area (Å²) in [5.74, 6) is -0.105. The average molecular weight is 378 g/mol. The number of nitrogens with zero attached hydrogens (tertiary/aromatic N) is 1. The predicted molar refractivity (Wildman–Crippen MR) is 105 cm³/mol. The maximum Gasteiger partial charge on any atom is 0.344 e. The summed E-state index contributed by atoms with van der Waals surface area (Å²) in [7, 11) is 0. The van der Waals surface area contributed by atoms with Crippen molar-refractivity contribution in [2.24, 2.45) is 0 Å². The molecule has 28 heavy (non-hydrogen) atoms. The molecule has 1 amide bonds. The molecule has 2 aromatic carbocycles. The van der Waals surface area contributed by atoms with Gasteiger partial charge in [0.2, 0.25) is 0 Å². The molecule has 0 saturated carbocycles. The second kappa shape index (κ2) is 8.52. The Kier molecular flexibility index (Phi) is 5.89. The summed E-state index contributed by atoms with van der Waals surface area (Å²) in [5.41, 5.74) is 2.94. The maximum atomic E-state index is 12.4. The lowest BCUT2D eigenvalue weighted by Crippen LogP contribution is -2.12. The molecule has 1 heterocycles. The minimum atomic E-state index is -0.464. The molecule has 144 valence electrons. The molecule has 3 rings (SSSR count). The van der Waals surface area contributed by atoms with Crippen LogP contribution in [0.3, 0.4) is 0 Å². The second-order valence-corrected chi connectivity index (χ2v) is 6.76. The van der Waals surface area contributed by atoms with Crippen molar-refractivity contribution in [2.45, 2.75) is 33.3 Å². The third-order valence-corrected chi connectivity index (χ3v) is 4.24. The molecule has 1 N–H and O–H groups in total. The van der Waals surface area contributed by atoms with E-state index in [1.54, 1.807) is 31.2 Å². The molecule has 0 saturated heterocycles. The van der Waals surface area contributed by atoms with Crippen LogP contribution in [0.5, 0.6) is 0 Å². The zero-order chi connectivity index (χ0) is 20.1. The molecule has 0 atom stereocenters. The largest absolute Gasteiger partial charge is 0.457 e. The average Bonchev–Trinajstić information content (AvgIpc) is 3.09. The molecule has 3 aromatic rings. The number of rotatable bonds is 6. The normalized spacial score (nSPS) is 10.7. The molecule has 0 bridgehead atoms. The third-order valence-electron chi connectivity index (χ3n) is 4.24. The van der Waals surface area contributed by atoms with Crippen molar-refractivity contribution < 1.29 is 18.8 Å². The van der Waals surface area contributed by atoms with Crippen LogP contribution in [0, 0.1) is 6.92 Å². The second-order valence-electron chi connectivity index (χ2n) is 6.76. The van der Waals surface area contributed by atoms with E-state index in [2.05, 4.69) is 10.5 Å². The van der Waals surface area contributed by atoms with Crippen molar-refractivity contribution >= 4 is 17.6 Å². The number of ether oxygens (including phenoxy) is 1. The Balaban J connectivity index is 1.61. The van der Waals surface area contributed by atoms with E-state index in [-0.39, 0.29) is 18.4 Å². The number of aryl methyl sites for hydroxylation is 1. The molecule has 6 heteroatoms. The van der Waals surface area contributed by atoms with Crippen molar-refractivity contribution in [2.75, 3.05) is 5.32 Å². The van der Waals surface area contributed by atoms with Crippen molar-refractivity contribution in [1.82, 2.24) is 5.16 Å². The Morgan fingerprint density at radius 3 is 2.39 bits per heavy atom. The Morgan fingerprint density at radius 2 is 1.75 bits per heavy atom. The van der Waals surface area contributed by atoms with E-state index in [1.165, 1.54) is 0 Å². The molecule has 0 aliphatic heterocycles. The highest BCUT2D eigenvalue weighted by atomic mass is 16.5. The van der Waals surface area contributed by atoms with Crippen LogP contribution >= 0.6 is 0 Å². The first kappa shape index (κ1) is 19.4. The highest BCUT2D eigenvalue weighted by Gasteiger charge is 2.23. The van der Waals surface area contributed by atoms with Crippen LogP contribution in [-0.4, -0.2) is 17.0 Å². The zero-order valence-electron chi connectivity index (χ0n) is 16.1. The summed E-state index contributed by atoms with van der Waals surface area (Å²) < 4.78 is 10.6. The Morgan fingerprint density at radius 1 is 1.07 bits per heavy atom. The Bertz CT molecular complexity index is 960. The van der Waals surface area contributed by atoms with Gasteiger partial charge in [0.05, 0.1) is 5.69 Å². The molecule has 0 radical (unpaired) electrons. The number of carbonyl (C=O) groups excluding carboxylic acids is 2. The number of para-hydroxylation sites is 1. The summed E-state index contributed by atoms with van der Waals surface area (Å²) in [6.45, 7) is 5.67. The highest BCUT2D eigenvalue weighted by molar-refractivity contribution is 6.04. The molecular formula is C22H22N2O4. The Hall–Kier alpha value is -3.41. The predicted octanol–water partition coefficient (Wildman–Crippen LogP) is 4.72. The molecular weight excluding hydrogens is 356 g/mol. The van der Waals surface area contributed by atoms with Gasteiger partial charge in [0.1, 0.15) is 12.2 Å². The van der Waals surface area contributed by atoms with Gasteiger partial charge in [-0.3, -0.25) is 4.79 Å². The van der Waals surface area contributed by atoms with Crippen LogP contribution < -0.4 is 5.32 Å². The first-order chi connectivity index (χ1) is 13.5. The monoisotopic (exact) mass is 378 g/mol. The SMILES string of the molecule is Cc1noc(C(C)C)c1C(=O)OCc1ccc(C(=O)Nc2ccccc2)cc1. The van der Waals surface area contributed by atoms with E-state index in [1.807, 2.05) is 44.2 Å². The van der Waals surface area contributed by atoms with E-state index in [0.717, 1.165) is 11.3 Å². The lowest BCUT2D eigenvalue weighted by Gasteiger charge is -2.08. The molecule has 0 aliphatic rings. The summed E-state index contributed by atoms with van der Waals surface area (Å²) in [6, 6.07) is 16.2. The molecule has 6 nitrogen and oxygen atoms in total. The van der Waals surface area contributed by atoms with Gasteiger partial charge in [0, 0.05) is 17.2 Å². The topological polar surface area (TPSA) is 81.4 Å². The van der Waals surface area contributed by atoms with Crippen LogP contribution in [0.25, 0.3) is 0 Å². The number of nitrogens with one attached hydrogen (secondary N) is 1. The van der Waals surface area contributed by atoms with Crippen molar-refractivity contribution in [3.05, 3.63) is 82.7 Å². The van der Waals surface area contributed by atoms with Crippen LogP contribution in [-0.2, 0) is 11.3 Å². The van der Waals surface area contributed by atoms with E-state index in [0.29, 0.717) is 22.6 Å². The molecule has 0 aliphatic carbocycles. The van der Waals surface area contributed by atoms with Crippen molar-refractivity contribution in [3.8, 4) is 0 Å². The lowest BCUT2D eigenvalue weighted by molar-refractivity contribution is 0.0468. The summed E-state index contributed by atoms with van der Waals surface area (Å²) in [4.78, 5) is 24.7. The number of aromatic nitrogens is 1. The minimum Gasteiger partial charge on any atom is -0.457 e. The molecule has 0 spiro atoms. The van der Waals surface area contributed by atoms with Gasteiger partial charge in [-0.1, -0.05) is 49.3 Å². The fourth-order valence-corrected chi connectivity index (χ4v) is 2.73. The maximum absolute atomic E-state index is 12.4. The van der Waals surface area contributed by atoms with Crippen LogP contribution in [0.15, 0.2) is 59.1 Å². The smallest absolute Gasteiger partial charge is 0.344 e. The molecule has 0 fully saturated rings. The molecule has 0 unspecified atom stereocenters. The summed E-state index contributed by atoms with van der Waals surface area (Å²) in [6.07, 6.45) is 0.